The maximum atomic E-state index is 5.91. The minimum atomic E-state index is 0.345. The van der Waals surface area contributed by atoms with Crippen molar-refractivity contribution in [1.29, 1.82) is 0 Å². The highest BCUT2D eigenvalue weighted by atomic mass is 16.5. The molecule has 0 aromatic rings. The lowest BCUT2D eigenvalue weighted by Gasteiger charge is -2.38. The Morgan fingerprint density at radius 1 is 1.25 bits per heavy atom. The molecule has 0 spiro atoms. The zero-order valence-corrected chi connectivity index (χ0v) is 10.2. The Morgan fingerprint density at radius 3 is 2.56 bits per heavy atom. The Kier molecular flexibility index (Phi) is 4.58. The van der Waals surface area contributed by atoms with Gasteiger partial charge in [-0.15, -0.1) is 0 Å². The van der Waals surface area contributed by atoms with Crippen LogP contribution in [0, 0.1) is 0 Å². The third-order valence-electron chi connectivity index (χ3n) is 3.93. The van der Waals surface area contributed by atoms with Gasteiger partial charge < -0.3 is 15.2 Å². The first kappa shape index (κ1) is 12.3. The van der Waals surface area contributed by atoms with Gasteiger partial charge in [0.15, 0.2) is 0 Å². The van der Waals surface area contributed by atoms with Gasteiger partial charge in [-0.2, -0.15) is 0 Å². The number of hydrogen-bond donors (Lipinski definition) is 1. The van der Waals surface area contributed by atoms with Crippen molar-refractivity contribution in [2.45, 2.75) is 43.9 Å². The van der Waals surface area contributed by atoms with E-state index in [2.05, 4.69) is 11.9 Å². The van der Waals surface area contributed by atoms with Gasteiger partial charge in [0, 0.05) is 38.4 Å². The summed E-state index contributed by atoms with van der Waals surface area (Å²) >= 11 is 0. The van der Waals surface area contributed by atoms with Crippen LogP contribution in [-0.2, 0) is 9.47 Å². The lowest BCUT2D eigenvalue weighted by Crippen LogP contribution is -2.51. The largest absolute Gasteiger partial charge is 0.381 e. The van der Waals surface area contributed by atoms with Crippen molar-refractivity contribution in [1.82, 2.24) is 4.90 Å². The van der Waals surface area contributed by atoms with E-state index in [9.17, 15) is 0 Å². The van der Waals surface area contributed by atoms with Gasteiger partial charge in [-0.05, 0) is 32.7 Å². The van der Waals surface area contributed by atoms with Crippen LogP contribution in [0.4, 0.5) is 0 Å². The van der Waals surface area contributed by atoms with E-state index in [1.807, 2.05) is 0 Å². The fourth-order valence-corrected chi connectivity index (χ4v) is 2.85. The van der Waals surface area contributed by atoms with Crippen LogP contribution in [0.5, 0.6) is 0 Å². The summed E-state index contributed by atoms with van der Waals surface area (Å²) in [5.74, 6) is 0. The molecule has 2 aliphatic rings. The van der Waals surface area contributed by atoms with Crippen LogP contribution in [0.15, 0.2) is 0 Å². The number of nitrogens with zero attached hydrogens (tertiary/aromatic N) is 1. The van der Waals surface area contributed by atoms with E-state index in [0.29, 0.717) is 24.7 Å². The molecule has 4 heteroatoms. The second kappa shape index (κ2) is 5.96. The van der Waals surface area contributed by atoms with E-state index in [1.54, 1.807) is 0 Å². The third-order valence-corrected chi connectivity index (χ3v) is 3.93. The summed E-state index contributed by atoms with van der Waals surface area (Å²) in [4.78, 5) is 2.43. The third kappa shape index (κ3) is 2.74. The van der Waals surface area contributed by atoms with E-state index in [4.69, 9.17) is 15.2 Å². The predicted molar refractivity (Wildman–Crippen MR) is 63.4 cm³/mol. The number of nitrogens with two attached hydrogens (primary N) is 1. The number of ether oxygens (including phenoxy) is 2. The molecule has 94 valence electrons. The second-order valence-corrected chi connectivity index (χ2v) is 4.86. The quantitative estimate of drug-likeness (QED) is 0.765. The topological polar surface area (TPSA) is 47.7 Å². The highest BCUT2D eigenvalue weighted by Crippen LogP contribution is 2.22. The Labute approximate surface area is 98.1 Å². The summed E-state index contributed by atoms with van der Waals surface area (Å²) in [7, 11) is 2.19. The number of likely N-dealkylation sites (N-methyl/N-ethyl adjacent to an activating group) is 1. The molecule has 2 saturated heterocycles. The Morgan fingerprint density at radius 2 is 2.00 bits per heavy atom. The van der Waals surface area contributed by atoms with Crippen LogP contribution in [0.25, 0.3) is 0 Å². The molecule has 2 aliphatic heterocycles. The monoisotopic (exact) mass is 228 g/mol. The van der Waals surface area contributed by atoms with Crippen molar-refractivity contribution in [3.05, 3.63) is 0 Å². The molecule has 2 rings (SSSR count). The summed E-state index contributed by atoms with van der Waals surface area (Å²) < 4.78 is 11.2. The molecule has 2 unspecified atom stereocenters. The van der Waals surface area contributed by atoms with Crippen molar-refractivity contribution >= 4 is 0 Å². The van der Waals surface area contributed by atoms with Crippen molar-refractivity contribution in [2.24, 2.45) is 5.73 Å². The maximum absolute atomic E-state index is 5.91. The van der Waals surface area contributed by atoms with E-state index < -0.39 is 0 Å². The van der Waals surface area contributed by atoms with Gasteiger partial charge in [0.05, 0.1) is 6.10 Å². The average molecular weight is 228 g/mol. The Bertz CT molecular complexity index is 201. The van der Waals surface area contributed by atoms with Gasteiger partial charge in [0.1, 0.15) is 0 Å². The molecule has 0 saturated carbocycles. The Hall–Kier alpha value is -0.160. The number of hydrogen-bond acceptors (Lipinski definition) is 4. The van der Waals surface area contributed by atoms with Crippen LogP contribution in [0.2, 0.25) is 0 Å². The average Bonchev–Trinajstić information content (AvgIpc) is 2.85. The fraction of sp³-hybridized carbons (Fsp3) is 1.00. The molecule has 0 aromatic heterocycles. The van der Waals surface area contributed by atoms with Crippen molar-refractivity contribution in [2.75, 3.05) is 33.4 Å². The molecule has 0 radical (unpaired) electrons. The molecule has 0 bridgehead atoms. The fourth-order valence-electron chi connectivity index (χ4n) is 2.85. The van der Waals surface area contributed by atoms with Gasteiger partial charge in [0.2, 0.25) is 0 Å². The smallest absolute Gasteiger partial charge is 0.0743 e. The minimum Gasteiger partial charge on any atom is -0.381 e. The molecular formula is C12H24N2O2. The van der Waals surface area contributed by atoms with E-state index in [1.165, 1.54) is 6.42 Å². The van der Waals surface area contributed by atoms with Crippen LogP contribution in [0.1, 0.15) is 25.7 Å². The number of rotatable bonds is 4. The Balaban J connectivity index is 1.90. The van der Waals surface area contributed by atoms with Gasteiger partial charge in [-0.3, -0.25) is 4.90 Å². The molecule has 0 aliphatic carbocycles. The molecule has 16 heavy (non-hydrogen) atoms. The normalized spacial score (nSPS) is 29.8. The van der Waals surface area contributed by atoms with Gasteiger partial charge >= 0.3 is 0 Å². The van der Waals surface area contributed by atoms with Crippen LogP contribution < -0.4 is 5.73 Å². The summed E-state index contributed by atoms with van der Waals surface area (Å²) in [6.45, 7) is 3.37. The first-order valence-corrected chi connectivity index (χ1v) is 6.44. The molecule has 2 atom stereocenters. The highest BCUT2D eigenvalue weighted by molar-refractivity contribution is 4.86. The zero-order valence-electron chi connectivity index (χ0n) is 10.2. The predicted octanol–water partition coefficient (Wildman–Crippen LogP) is 0.604. The molecule has 2 heterocycles. The van der Waals surface area contributed by atoms with Crippen molar-refractivity contribution in [3.8, 4) is 0 Å². The first-order chi connectivity index (χ1) is 7.83. The van der Waals surface area contributed by atoms with Crippen molar-refractivity contribution < 1.29 is 9.47 Å². The maximum Gasteiger partial charge on any atom is 0.0743 e. The summed E-state index contributed by atoms with van der Waals surface area (Å²) in [5, 5.41) is 0. The van der Waals surface area contributed by atoms with E-state index in [0.717, 1.165) is 39.1 Å². The molecular weight excluding hydrogens is 204 g/mol. The first-order valence-electron chi connectivity index (χ1n) is 6.44. The molecule has 4 nitrogen and oxygen atoms in total. The lowest BCUT2D eigenvalue weighted by molar-refractivity contribution is -0.0135. The lowest BCUT2D eigenvalue weighted by atomic mass is 10.0. The summed E-state index contributed by atoms with van der Waals surface area (Å²) in [6.07, 6.45) is 4.94. The molecule has 0 aromatic carbocycles. The van der Waals surface area contributed by atoms with Crippen LogP contribution >= 0.6 is 0 Å². The van der Waals surface area contributed by atoms with Gasteiger partial charge in [-0.25, -0.2) is 0 Å². The molecule has 2 N–H and O–H groups in total. The zero-order chi connectivity index (χ0) is 11.4. The van der Waals surface area contributed by atoms with Crippen molar-refractivity contribution in [3.63, 3.8) is 0 Å². The van der Waals surface area contributed by atoms with E-state index in [-0.39, 0.29) is 0 Å². The van der Waals surface area contributed by atoms with Gasteiger partial charge in [-0.1, -0.05) is 0 Å². The minimum absolute atomic E-state index is 0.345. The van der Waals surface area contributed by atoms with Gasteiger partial charge in [0.25, 0.3) is 0 Å². The SMILES string of the molecule is CN(C1CCOCC1)C(CN)C1CCCO1. The van der Waals surface area contributed by atoms with Crippen LogP contribution in [0.3, 0.4) is 0 Å². The molecule has 2 fully saturated rings. The second-order valence-electron chi connectivity index (χ2n) is 4.86. The van der Waals surface area contributed by atoms with E-state index >= 15 is 0 Å². The highest BCUT2D eigenvalue weighted by Gasteiger charge is 2.32. The standard InChI is InChI=1S/C12H24N2O2/c1-14(10-4-7-15-8-5-10)11(9-13)12-3-2-6-16-12/h10-12H,2-9,13H2,1H3. The van der Waals surface area contributed by atoms with Crippen LogP contribution in [-0.4, -0.2) is 56.5 Å². The molecule has 0 amide bonds. The summed E-state index contributed by atoms with van der Waals surface area (Å²) in [5.41, 5.74) is 5.91. The summed E-state index contributed by atoms with van der Waals surface area (Å²) in [6, 6.07) is 0.997.